The summed E-state index contributed by atoms with van der Waals surface area (Å²) in [6.45, 7) is 2.60. The summed E-state index contributed by atoms with van der Waals surface area (Å²) in [6.07, 6.45) is 2.64. The van der Waals surface area contributed by atoms with E-state index in [1.54, 1.807) is 6.92 Å². The van der Waals surface area contributed by atoms with E-state index in [1.165, 1.54) is 12.1 Å². The Labute approximate surface area is 141 Å². The fourth-order valence-corrected chi connectivity index (χ4v) is 3.70. The average Bonchev–Trinajstić information content (AvgIpc) is 2.97. The van der Waals surface area contributed by atoms with Crippen molar-refractivity contribution in [1.82, 2.24) is 9.29 Å². The van der Waals surface area contributed by atoms with Crippen molar-refractivity contribution in [3.63, 3.8) is 0 Å². The van der Waals surface area contributed by atoms with Crippen LogP contribution in [0.15, 0.2) is 59.6 Å². The van der Waals surface area contributed by atoms with Crippen molar-refractivity contribution in [2.45, 2.75) is 24.8 Å². The minimum Gasteiger partial charge on any atom is -0.347 e. The van der Waals surface area contributed by atoms with Gasteiger partial charge in [-0.25, -0.2) is 17.5 Å². The van der Waals surface area contributed by atoms with Crippen molar-refractivity contribution in [3.05, 3.63) is 66.1 Å². The number of aromatic nitrogens is 1. The van der Waals surface area contributed by atoms with Crippen molar-refractivity contribution >= 4 is 20.9 Å². The van der Waals surface area contributed by atoms with Crippen molar-refractivity contribution < 1.29 is 12.8 Å². The van der Waals surface area contributed by atoms with Crippen LogP contribution in [0, 0.1) is 12.7 Å². The van der Waals surface area contributed by atoms with Crippen LogP contribution in [0.4, 0.5) is 4.39 Å². The van der Waals surface area contributed by atoms with Gasteiger partial charge < -0.3 is 4.57 Å². The average molecular weight is 346 g/mol. The molecule has 0 saturated heterocycles. The first-order chi connectivity index (χ1) is 11.5. The molecule has 0 unspecified atom stereocenters. The monoisotopic (exact) mass is 346 g/mol. The van der Waals surface area contributed by atoms with Gasteiger partial charge in [-0.15, -0.1) is 0 Å². The molecule has 6 heteroatoms. The van der Waals surface area contributed by atoms with Gasteiger partial charge >= 0.3 is 0 Å². The predicted octanol–water partition coefficient (Wildman–Crippen LogP) is 3.46. The van der Waals surface area contributed by atoms with Gasteiger partial charge in [-0.05, 0) is 48.6 Å². The molecule has 0 aliphatic heterocycles. The van der Waals surface area contributed by atoms with Gasteiger partial charge in [0, 0.05) is 24.8 Å². The van der Waals surface area contributed by atoms with E-state index in [-0.39, 0.29) is 4.90 Å². The number of aryl methyl sites for hydroxylation is 2. The Hall–Kier alpha value is -2.18. The van der Waals surface area contributed by atoms with Crippen molar-refractivity contribution in [2.75, 3.05) is 6.54 Å². The van der Waals surface area contributed by atoms with Gasteiger partial charge in [0.2, 0.25) is 10.0 Å². The molecule has 0 saturated carbocycles. The van der Waals surface area contributed by atoms with Crippen LogP contribution < -0.4 is 4.72 Å². The molecule has 1 aromatic heterocycles. The summed E-state index contributed by atoms with van der Waals surface area (Å²) in [7, 11) is -3.68. The molecule has 0 fully saturated rings. The molecule has 0 bridgehead atoms. The van der Waals surface area contributed by atoms with Crippen LogP contribution in [0.3, 0.4) is 0 Å². The molecule has 0 spiro atoms. The normalized spacial score (nSPS) is 11.9. The van der Waals surface area contributed by atoms with E-state index in [0.29, 0.717) is 25.1 Å². The Morgan fingerprint density at radius 1 is 1.12 bits per heavy atom. The fourth-order valence-electron chi connectivity index (χ4n) is 2.62. The molecule has 0 aliphatic rings. The summed E-state index contributed by atoms with van der Waals surface area (Å²) in [5.74, 6) is -0.517. The number of sulfonamides is 1. The Bertz CT molecular complexity index is 964. The molecule has 1 N–H and O–H groups in total. The lowest BCUT2D eigenvalue weighted by molar-refractivity contribution is 0.568. The van der Waals surface area contributed by atoms with E-state index < -0.39 is 15.8 Å². The van der Waals surface area contributed by atoms with Crippen LogP contribution >= 0.6 is 0 Å². The van der Waals surface area contributed by atoms with E-state index in [9.17, 15) is 12.8 Å². The van der Waals surface area contributed by atoms with E-state index in [2.05, 4.69) is 9.29 Å². The molecular formula is C18H19FN2O2S. The molecule has 0 amide bonds. The lowest BCUT2D eigenvalue weighted by Gasteiger charge is -2.09. The maximum absolute atomic E-state index is 13.5. The molecule has 1 heterocycles. The summed E-state index contributed by atoms with van der Waals surface area (Å²) < 4.78 is 42.5. The molecule has 0 atom stereocenters. The standard InChI is InChI=1S/C18H19FN2O2S/c1-14-7-8-16(13-17(14)19)24(22,23)20-10-4-11-21-12-9-15-5-2-3-6-18(15)21/h2-3,5-9,12-13,20H,4,10-11H2,1H3. The SMILES string of the molecule is Cc1ccc(S(=O)(=O)NCCCn2ccc3ccccc32)cc1F. The molecule has 24 heavy (non-hydrogen) atoms. The number of hydrogen-bond donors (Lipinski definition) is 1. The van der Waals surface area contributed by atoms with Gasteiger partial charge in [-0.2, -0.15) is 0 Å². The topological polar surface area (TPSA) is 51.1 Å². The first-order valence-electron chi connectivity index (χ1n) is 7.77. The highest BCUT2D eigenvalue weighted by molar-refractivity contribution is 7.89. The zero-order chi connectivity index (χ0) is 17.2. The van der Waals surface area contributed by atoms with Crippen LogP contribution in [0.5, 0.6) is 0 Å². The number of benzene rings is 2. The van der Waals surface area contributed by atoms with Crippen LogP contribution in [0.25, 0.3) is 10.9 Å². The fraction of sp³-hybridized carbons (Fsp3) is 0.222. The number of nitrogens with one attached hydrogen (secondary N) is 1. The Morgan fingerprint density at radius 2 is 1.92 bits per heavy atom. The van der Waals surface area contributed by atoms with Gasteiger partial charge in [0.05, 0.1) is 4.90 Å². The largest absolute Gasteiger partial charge is 0.347 e. The van der Waals surface area contributed by atoms with E-state index in [1.807, 2.05) is 36.5 Å². The number of rotatable bonds is 6. The van der Waals surface area contributed by atoms with E-state index in [0.717, 1.165) is 17.0 Å². The molecule has 3 rings (SSSR count). The van der Waals surface area contributed by atoms with Crippen molar-refractivity contribution in [3.8, 4) is 0 Å². The van der Waals surface area contributed by atoms with Gasteiger partial charge in [-0.1, -0.05) is 24.3 Å². The van der Waals surface area contributed by atoms with E-state index in [4.69, 9.17) is 0 Å². The zero-order valence-corrected chi connectivity index (χ0v) is 14.2. The van der Waals surface area contributed by atoms with Gasteiger partial charge in [0.15, 0.2) is 0 Å². The molecule has 2 aromatic carbocycles. The minimum absolute atomic E-state index is 0.0444. The number of halogens is 1. The second kappa shape index (κ2) is 6.75. The van der Waals surface area contributed by atoms with Gasteiger partial charge in [0.1, 0.15) is 5.82 Å². The third-order valence-electron chi connectivity index (χ3n) is 4.00. The van der Waals surface area contributed by atoms with Crippen molar-refractivity contribution in [2.24, 2.45) is 0 Å². The lowest BCUT2D eigenvalue weighted by atomic mass is 10.2. The molecule has 4 nitrogen and oxygen atoms in total. The van der Waals surface area contributed by atoms with Crippen LogP contribution in [0.1, 0.15) is 12.0 Å². The third-order valence-corrected chi connectivity index (χ3v) is 5.46. The Balaban J connectivity index is 1.60. The highest BCUT2D eigenvalue weighted by Gasteiger charge is 2.14. The summed E-state index contributed by atoms with van der Waals surface area (Å²) in [6, 6.07) is 14.0. The first-order valence-corrected chi connectivity index (χ1v) is 9.25. The molecule has 0 radical (unpaired) electrons. The number of hydrogen-bond acceptors (Lipinski definition) is 2. The lowest BCUT2D eigenvalue weighted by Crippen LogP contribution is -2.25. The number of nitrogens with zero attached hydrogens (tertiary/aromatic N) is 1. The maximum atomic E-state index is 13.5. The van der Waals surface area contributed by atoms with Gasteiger partial charge in [-0.3, -0.25) is 0 Å². The number of fused-ring (bicyclic) bond motifs is 1. The zero-order valence-electron chi connectivity index (χ0n) is 13.4. The van der Waals surface area contributed by atoms with Crippen LogP contribution in [0.2, 0.25) is 0 Å². The smallest absolute Gasteiger partial charge is 0.240 e. The summed E-state index contributed by atoms with van der Waals surface area (Å²) in [5, 5.41) is 1.16. The second-order valence-electron chi connectivity index (χ2n) is 5.73. The second-order valence-corrected chi connectivity index (χ2v) is 7.50. The van der Waals surface area contributed by atoms with Gasteiger partial charge in [0.25, 0.3) is 0 Å². The van der Waals surface area contributed by atoms with Crippen molar-refractivity contribution in [1.29, 1.82) is 0 Å². The quantitative estimate of drug-likeness (QED) is 0.695. The summed E-state index contributed by atoms with van der Waals surface area (Å²) in [5.41, 5.74) is 1.55. The van der Waals surface area contributed by atoms with E-state index >= 15 is 0 Å². The molecule has 3 aromatic rings. The third kappa shape index (κ3) is 3.49. The highest BCUT2D eigenvalue weighted by atomic mass is 32.2. The molecule has 0 aliphatic carbocycles. The Kier molecular flexibility index (Phi) is 4.69. The van der Waals surface area contributed by atoms with Crippen LogP contribution in [-0.4, -0.2) is 19.5 Å². The summed E-state index contributed by atoms with van der Waals surface area (Å²) in [4.78, 5) is -0.0444. The predicted molar refractivity (Wildman–Crippen MR) is 92.9 cm³/mol. The van der Waals surface area contributed by atoms with Crippen LogP contribution in [-0.2, 0) is 16.6 Å². The minimum atomic E-state index is -3.68. The highest BCUT2D eigenvalue weighted by Crippen LogP contribution is 2.16. The Morgan fingerprint density at radius 3 is 2.71 bits per heavy atom. The molecule has 126 valence electrons. The first kappa shape index (κ1) is 16.7. The summed E-state index contributed by atoms with van der Waals surface area (Å²) >= 11 is 0. The maximum Gasteiger partial charge on any atom is 0.240 e. The molecular weight excluding hydrogens is 327 g/mol. The number of para-hydroxylation sites is 1.